The highest BCUT2D eigenvalue weighted by Crippen LogP contribution is 2.07. The number of amides is 2. The molecule has 0 unspecified atom stereocenters. The molecule has 144 valence electrons. The van der Waals surface area contributed by atoms with Gasteiger partial charge in [0, 0.05) is 6.54 Å². The summed E-state index contributed by atoms with van der Waals surface area (Å²) >= 11 is 0. The molecule has 0 heterocycles. The maximum atomic E-state index is 11.4. The van der Waals surface area contributed by atoms with Crippen molar-refractivity contribution in [2.45, 2.75) is 0 Å². The molecular formula is C12H23N4O9+. The molecule has 13 heteroatoms. The van der Waals surface area contributed by atoms with Gasteiger partial charge in [-0.05, 0) is 0 Å². The molecule has 0 aromatic rings. The van der Waals surface area contributed by atoms with E-state index in [1.54, 1.807) is 0 Å². The van der Waals surface area contributed by atoms with Crippen LogP contribution in [-0.4, -0.2) is 101 Å². The lowest BCUT2D eigenvalue weighted by atomic mass is 10.3. The molecule has 0 saturated heterocycles. The Morgan fingerprint density at radius 2 is 1.40 bits per heavy atom. The highest BCUT2D eigenvalue weighted by molar-refractivity contribution is 5.79. The Morgan fingerprint density at radius 1 is 0.840 bits per heavy atom. The van der Waals surface area contributed by atoms with Crippen LogP contribution in [0.4, 0.5) is 0 Å². The van der Waals surface area contributed by atoms with E-state index < -0.39 is 47.9 Å². The van der Waals surface area contributed by atoms with E-state index in [-0.39, 0.29) is 32.8 Å². The summed E-state index contributed by atoms with van der Waals surface area (Å²) in [5, 5.41) is 37.3. The lowest BCUT2D eigenvalue weighted by Crippen LogP contribution is -2.60. The summed E-state index contributed by atoms with van der Waals surface area (Å²) in [6.45, 7) is -1.69. The molecule has 0 saturated carbocycles. The molecule has 0 fully saturated rings. The average molecular weight is 367 g/mol. The van der Waals surface area contributed by atoms with Crippen molar-refractivity contribution in [3.63, 3.8) is 0 Å². The highest BCUT2D eigenvalue weighted by Gasteiger charge is 2.35. The standard InChI is InChI=1S/C12H22N4O9/c17-9(14-23)6-16(8-12(21)22,7-10(18)15-24)2-4-25-3-1-13-5-11(19)20/h13H,1-8H2,(H5-,14,15,17,18,19,20,21,22,23,24)/p+1. The molecule has 0 aromatic heterocycles. The number of carbonyl (C=O) groups excluding carboxylic acids is 2. The smallest absolute Gasteiger partial charge is 0.359 e. The Hall–Kier alpha value is -2.32. The first-order chi connectivity index (χ1) is 11.7. The second kappa shape index (κ2) is 12.1. The minimum Gasteiger partial charge on any atom is -0.480 e. The molecule has 0 radical (unpaired) electrons. The molecule has 25 heavy (non-hydrogen) atoms. The Bertz CT molecular complexity index is 454. The minimum atomic E-state index is -1.29. The number of nitrogens with zero attached hydrogens (tertiary/aromatic N) is 1. The third-order valence-electron chi connectivity index (χ3n) is 3.09. The van der Waals surface area contributed by atoms with Crippen molar-refractivity contribution in [1.29, 1.82) is 0 Å². The summed E-state index contributed by atoms with van der Waals surface area (Å²) in [6, 6.07) is 0. The van der Waals surface area contributed by atoms with Gasteiger partial charge in [0.15, 0.2) is 19.6 Å². The molecule has 13 nitrogen and oxygen atoms in total. The van der Waals surface area contributed by atoms with Crippen molar-refractivity contribution in [1.82, 2.24) is 16.3 Å². The molecular weight excluding hydrogens is 344 g/mol. The zero-order chi connectivity index (χ0) is 19.3. The normalized spacial score (nSPS) is 11.0. The van der Waals surface area contributed by atoms with Crippen LogP contribution in [0.5, 0.6) is 0 Å². The van der Waals surface area contributed by atoms with Gasteiger partial charge in [0.1, 0.15) is 6.54 Å². The van der Waals surface area contributed by atoms with Gasteiger partial charge in [-0.2, -0.15) is 0 Å². The molecule has 7 N–H and O–H groups in total. The van der Waals surface area contributed by atoms with Gasteiger partial charge >= 0.3 is 11.9 Å². The number of nitrogens with one attached hydrogen (secondary N) is 3. The first-order valence-electron chi connectivity index (χ1n) is 7.17. The summed E-state index contributed by atoms with van der Waals surface area (Å²) < 4.78 is 4.63. The molecule has 0 aliphatic carbocycles. The van der Waals surface area contributed by atoms with E-state index in [0.717, 1.165) is 0 Å². The van der Waals surface area contributed by atoms with Crippen LogP contribution in [0.2, 0.25) is 0 Å². The average Bonchev–Trinajstić information content (AvgIpc) is 2.52. The number of hydrogen-bond acceptors (Lipinski definition) is 8. The topological polar surface area (TPSA) is 195 Å². The van der Waals surface area contributed by atoms with E-state index in [4.69, 9.17) is 25.4 Å². The zero-order valence-corrected chi connectivity index (χ0v) is 13.4. The fourth-order valence-corrected chi connectivity index (χ4v) is 2.07. The largest absolute Gasteiger partial charge is 0.480 e. The number of carboxylic acids is 2. The predicted octanol–water partition coefficient (Wildman–Crippen LogP) is -3.41. The number of hydroxylamine groups is 2. The van der Waals surface area contributed by atoms with Gasteiger partial charge < -0.3 is 20.3 Å². The van der Waals surface area contributed by atoms with Crippen LogP contribution in [0.1, 0.15) is 0 Å². The summed E-state index contributed by atoms with van der Waals surface area (Å²) in [4.78, 5) is 44.3. The SMILES string of the molecule is O=C(O)CNCCOCC[N+](CC(=O)O)(CC(=O)NO)CC(=O)NO. The Labute approximate surface area is 142 Å². The molecule has 0 aromatic carbocycles. The highest BCUT2D eigenvalue weighted by atomic mass is 16.5. The monoisotopic (exact) mass is 367 g/mol. The van der Waals surface area contributed by atoms with E-state index in [9.17, 15) is 19.2 Å². The van der Waals surface area contributed by atoms with E-state index >= 15 is 0 Å². The second-order valence-electron chi connectivity index (χ2n) is 5.19. The van der Waals surface area contributed by atoms with Crippen LogP contribution in [0.25, 0.3) is 0 Å². The Balaban J connectivity index is 4.72. The third-order valence-corrected chi connectivity index (χ3v) is 3.09. The molecule has 0 atom stereocenters. The Kier molecular flexibility index (Phi) is 11.0. The van der Waals surface area contributed by atoms with E-state index in [0.29, 0.717) is 0 Å². The van der Waals surface area contributed by atoms with Crippen LogP contribution >= 0.6 is 0 Å². The molecule has 0 bridgehead atoms. The fraction of sp³-hybridized carbons (Fsp3) is 0.667. The summed E-state index contributed by atoms with van der Waals surface area (Å²) in [5.41, 5.74) is 2.73. The number of quaternary nitrogens is 1. The van der Waals surface area contributed by atoms with Gasteiger partial charge in [0.2, 0.25) is 0 Å². The van der Waals surface area contributed by atoms with Crippen molar-refractivity contribution >= 4 is 23.8 Å². The quantitative estimate of drug-likeness (QED) is 0.0703. The molecule has 0 spiro atoms. The number of aliphatic carboxylic acids is 2. The molecule has 2 amide bonds. The number of carbonyl (C=O) groups is 4. The Morgan fingerprint density at radius 3 is 1.84 bits per heavy atom. The molecule has 0 rings (SSSR count). The molecule has 0 aliphatic heterocycles. The maximum Gasteiger partial charge on any atom is 0.359 e. The van der Waals surface area contributed by atoms with Crippen molar-refractivity contribution in [3.8, 4) is 0 Å². The van der Waals surface area contributed by atoms with Crippen LogP contribution in [0.3, 0.4) is 0 Å². The minimum absolute atomic E-state index is 0.0422. The van der Waals surface area contributed by atoms with Crippen molar-refractivity contribution in [2.24, 2.45) is 0 Å². The van der Waals surface area contributed by atoms with Crippen LogP contribution < -0.4 is 16.3 Å². The van der Waals surface area contributed by atoms with Gasteiger partial charge in [-0.1, -0.05) is 0 Å². The van der Waals surface area contributed by atoms with E-state index in [1.807, 2.05) is 0 Å². The maximum absolute atomic E-state index is 11.4. The van der Waals surface area contributed by atoms with Crippen LogP contribution in [0.15, 0.2) is 0 Å². The van der Waals surface area contributed by atoms with Crippen molar-refractivity contribution < 1.29 is 49.0 Å². The zero-order valence-electron chi connectivity index (χ0n) is 13.4. The number of hydrogen-bond donors (Lipinski definition) is 7. The second-order valence-corrected chi connectivity index (χ2v) is 5.19. The lowest BCUT2D eigenvalue weighted by molar-refractivity contribution is -0.907. The summed E-state index contributed by atoms with van der Waals surface area (Å²) in [6.07, 6.45) is 0. The predicted molar refractivity (Wildman–Crippen MR) is 78.5 cm³/mol. The van der Waals surface area contributed by atoms with Gasteiger partial charge in [-0.15, -0.1) is 0 Å². The van der Waals surface area contributed by atoms with Gasteiger partial charge in [-0.25, -0.2) is 15.8 Å². The van der Waals surface area contributed by atoms with Crippen molar-refractivity contribution in [3.05, 3.63) is 0 Å². The summed E-state index contributed by atoms with van der Waals surface area (Å²) in [5.74, 6) is -4.13. The van der Waals surface area contributed by atoms with E-state index in [2.05, 4.69) is 5.32 Å². The third kappa shape index (κ3) is 11.0. The van der Waals surface area contributed by atoms with Crippen LogP contribution in [-0.2, 0) is 23.9 Å². The number of carboxylic acid groups (broad SMARTS) is 2. The lowest BCUT2D eigenvalue weighted by Gasteiger charge is -2.35. The number of rotatable bonds is 14. The first-order valence-corrected chi connectivity index (χ1v) is 7.17. The van der Waals surface area contributed by atoms with Gasteiger partial charge in [0.05, 0.1) is 19.8 Å². The summed E-state index contributed by atoms with van der Waals surface area (Å²) in [7, 11) is 0. The van der Waals surface area contributed by atoms with Crippen LogP contribution in [0, 0.1) is 0 Å². The van der Waals surface area contributed by atoms with Crippen molar-refractivity contribution in [2.75, 3.05) is 52.5 Å². The number of ether oxygens (including phenoxy) is 1. The fourth-order valence-electron chi connectivity index (χ4n) is 2.07. The molecule has 0 aliphatic rings. The first kappa shape index (κ1) is 22.7. The van der Waals surface area contributed by atoms with E-state index in [1.165, 1.54) is 11.0 Å². The van der Waals surface area contributed by atoms with Gasteiger partial charge in [-0.3, -0.25) is 29.3 Å². The van der Waals surface area contributed by atoms with Gasteiger partial charge in [0.25, 0.3) is 11.8 Å².